The topological polar surface area (TPSA) is 36.9 Å². The summed E-state index contributed by atoms with van der Waals surface area (Å²) in [4.78, 5) is 0. The summed E-state index contributed by atoms with van der Waals surface area (Å²) in [7, 11) is 6.75. The largest absolute Gasteiger partial charge is 0.496 e. The summed E-state index contributed by atoms with van der Waals surface area (Å²) >= 11 is 7.29. The van der Waals surface area contributed by atoms with Gasteiger partial charge in [0.1, 0.15) is 23.0 Å². The molecule has 0 amide bonds. The van der Waals surface area contributed by atoms with E-state index < -0.39 is 0 Å². The zero-order valence-corrected chi connectivity index (χ0v) is 20.0. The van der Waals surface area contributed by atoms with Gasteiger partial charge in [-0.25, -0.2) is 0 Å². The van der Waals surface area contributed by atoms with Gasteiger partial charge in [-0.05, 0) is 90.3 Å². The molecule has 0 N–H and O–H groups in total. The van der Waals surface area contributed by atoms with E-state index >= 15 is 0 Å². The van der Waals surface area contributed by atoms with Crippen molar-refractivity contribution in [2.75, 3.05) is 28.4 Å². The highest BCUT2D eigenvalue weighted by molar-refractivity contribution is 9.11. The molecule has 152 valence electrons. The maximum absolute atomic E-state index is 5.83. The Balaban J connectivity index is 2.03. The second kappa shape index (κ2) is 7.06. The van der Waals surface area contributed by atoms with E-state index in [2.05, 4.69) is 56.1 Å². The van der Waals surface area contributed by atoms with Crippen molar-refractivity contribution in [1.82, 2.24) is 0 Å². The van der Waals surface area contributed by atoms with Gasteiger partial charge in [-0.1, -0.05) is 0 Å². The summed E-state index contributed by atoms with van der Waals surface area (Å²) < 4.78 is 24.6. The van der Waals surface area contributed by atoms with E-state index in [0.717, 1.165) is 75.7 Å². The molecule has 0 saturated carbocycles. The molecule has 0 spiro atoms. The average Bonchev–Trinajstić information content (AvgIpc) is 3.08. The zero-order valence-electron chi connectivity index (χ0n) is 16.9. The first kappa shape index (κ1) is 19.5. The quantitative estimate of drug-likeness (QED) is 0.246. The van der Waals surface area contributed by atoms with Crippen LogP contribution in [0.25, 0.3) is 43.8 Å². The first-order valence-corrected chi connectivity index (χ1v) is 10.9. The van der Waals surface area contributed by atoms with Crippen LogP contribution in [-0.4, -0.2) is 28.4 Å². The van der Waals surface area contributed by atoms with E-state index in [4.69, 9.17) is 18.9 Å². The number of rotatable bonds is 4. The van der Waals surface area contributed by atoms with E-state index in [1.807, 2.05) is 12.1 Å². The number of fused-ring (bicyclic) bond motifs is 5. The van der Waals surface area contributed by atoms with E-state index in [1.54, 1.807) is 28.4 Å². The van der Waals surface area contributed by atoms with Crippen LogP contribution in [0.5, 0.6) is 23.0 Å². The van der Waals surface area contributed by atoms with Crippen LogP contribution in [0.3, 0.4) is 0 Å². The molecule has 4 aromatic rings. The molecule has 0 fully saturated rings. The Morgan fingerprint density at radius 1 is 0.567 bits per heavy atom. The van der Waals surface area contributed by atoms with Crippen LogP contribution in [0.2, 0.25) is 0 Å². The number of ether oxygens (including phenoxy) is 4. The molecule has 6 heteroatoms. The van der Waals surface area contributed by atoms with Crippen molar-refractivity contribution in [3.8, 4) is 45.3 Å². The van der Waals surface area contributed by atoms with Gasteiger partial charge >= 0.3 is 0 Å². The van der Waals surface area contributed by atoms with Crippen molar-refractivity contribution < 1.29 is 18.9 Å². The van der Waals surface area contributed by atoms with E-state index in [-0.39, 0.29) is 0 Å². The van der Waals surface area contributed by atoms with Gasteiger partial charge in [0.25, 0.3) is 0 Å². The Hall–Kier alpha value is -2.44. The molecule has 0 radical (unpaired) electrons. The summed E-state index contributed by atoms with van der Waals surface area (Å²) in [5.41, 5.74) is 4.37. The number of benzene rings is 4. The second-order valence-electron chi connectivity index (χ2n) is 7.04. The summed E-state index contributed by atoms with van der Waals surface area (Å²) in [5, 5.41) is 4.22. The monoisotopic (exact) mass is 528 g/mol. The Morgan fingerprint density at radius 3 is 1.93 bits per heavy atom. The minimum atomic E-state index is 0.770. The molecule has 0 aromatic heterocycles. The maximum atomic E-state index is 5.83. The van der Waals surface area contributed by atoms with Crippen LogP contribution < -0.4 is 18.9 Å². The van der Waals surface area contributed by atoms with Crippen LogP contribution in [0.1, 0.15) is 0 Å². The second-order valence-corrected chi connectivity index (χ2v) is 8.75. The molecule has 0 aliphatic heterocycles. The Bertz CT molecular complexity index is 1360. The number of hydrogen-bond donors (Lipinski definition) is 0. The molecule has 4 aromatic carbocycles. The SMILES string of the molecule is COc1cc2c3c(cc(OC)c2cc1Br)-c1c(OC)c(Br)cc2c(OC)ccc-3c12. The zero-order chi connectivity index (χ0) is 21.2. The lowest BCUT2D eigenvalue weighted by atomic mass is 9.95. The third-order valence-corrected chi connectivity index (χ3v) is 6.93. The highest BCUT2D eigenvalue weighted by Crippen LogP contribution is 2.58. The van der Waals surface area contributed by atoms with Crippen molar-refractivity contribution in [2.24, 2.45) is 0 Å². The molecular formula is C24H18Br2O4. The molecule has 4 nitrogen and oxygen atoms in total. The van der Waals surface area contributed by atoms with Gasteiger partial charge in [0.05, 0.1) is 37.4 Å². The molecular weight excluding hydrogens is 512 g/mol. The number of methoxy groups -OCH3 is 4. The van der Waals surface area contributed by atoms with Crippen LogP contribution in [0.15, 0.2) is 45.3 Å². The van der Waals surface area contributed by atoms with E-state index in [1.165, 1.54) is 0 Å². The van der Waals surface area contributed by atoms with Gasteiger partial charge in [0, 0.05) is 21.7 Å². The predicted octanol–water partition coefficient (Wildman–Crippen LogP) is 7.20. The lowest BCUT2D eigenvalue weighted by Crippen LogP contribution is -1.93. The fraction of sp³-hybridized carbons (Fsp3) is 0.167. The highest BCUT2D eigenvalue weighted by Gasteiger charge is 2.31. The molecule has 0 bridgehead atoms. The molecule has 5 rings (SSSR count). The normalized spacial score (nSPS) is 11.7. The summed E-state index contributed by atoms with van der Waals surface area (Å²) in [6.07, 6.45) is 0. The minimum Gasteiger partial charge on any atom is -0.496 e. The van der Waals surface area contributed by atoms with Crippen molar-refractivity contribution in [3.05, 3.63) is 45.3 Å². The fourth-order valence-corrected chi connectivity index (χ4v) is 5.58. The molecule has 30 heavy (non-hydrogen) atoms. The highest BCUT2D eigenvalue weighted by atomic mass is 79.9. The third-order valence-electron chi connectivity index (χ3n) is 5.72. The average molecular weight is 530 g/mol. The van der Waals surface area contributed by atoms with E-state index in [0.29, 0.717) is 0 Å². The predicted molar refractivity (Wildman–Crippen MR) is 127 cm³/mol. The third kappa shape index (κ3) is 2.50. The van der Waals surface area contributed by atoms with Crippen LogP contribution in [0.4, 0.5) is 0 Å². The molecule has 0 saturated heterocycles. The van der Waals surface area contributed by atoms with Crippen molar-refractivity contribution in [3.63, 3.8) is 0 Å². The summed E-state index contributed by atoms with van der Waals surface area (Å²) in [6.45, 7) is 0. The van der Waals surface area contributed by atoms with Crippen LogP contribution in [0, 0.1) is 0 Å². The minimum absolute atomic E-state index is 0.770. The maximum Gasteiger partial charge on any atom is 0.141 e. The van der Waals surface area contributed by atoms with Gasteiger partial charge < -0.3 is 18.9 Å². The molecule has 0 atom stereocenters. The number of hydrogen-bond acceptors (Lipinski definition) is 4. The Labute approximate surface area is 190 Å². The van der Waals surface area contributed by atoms with E-state index in [9.17, 15) is 0 Å². The molecule has 1 aliphatic carbocycles. The standard InChI is InChI=1S/C24H18Br2O4/c1-27-18-6-5-11-21-13-9-20(29-3)16(25)7-12(13)19(28-2)10-15(21)23-22(11)14(18)8-17(26)24(23)30-4/h5-10H,1-4H3. The van der Waals surface area contributed by atoms with Crippen LogP contribution >= 0.6 is 31.9 Å². The molecule has 0 heterocycles. The smallest absolute Gasteiger partial charge is 0.141 e. The van der Waals surface area contributed by atoms with Crippen LogP contribution in [-0.2, 0) is 0 Å². The molecule has 0 unspecified atom stereocenters. The van der Waals surface area contributed by atoms with Crippen molar-refractivity contribution in [2.45, 2.75) is 0 Å². The van der Waals surface area contributed by atoms with Crippen molar-refractivity contribution in [1.29, 1.82) is 0 Å². The van der Waals surface area contributed by atoms with Gasteiger partial charge in [-0.3, -0.25) is 0 Å². The van der Waals surface area contributed by atoms with Gasteiger partial charge in [0.2, 0.25) is 0 Å². The summed E-state index contributed by atoms with van der Waals surface area (Å²) in [6, 6.07) is 12.4. The fourth-order valence-electron chi connectivity index (χ4n) is 4.48. The lowest BCUT2D eigenvalue weighted by molar-refractivity contribution is 0.412. The molecule has 1 aliphatic rings. The summed E-state index contributed by atoms with van der Waals surface area (Å²) in [5.74, 6) is 3.18. The lowest BCUT2D eigenvalue weighted by Gasteiger charge is -2.15. The Kier molecular flexibility index (Phi) is 4.60. The van der Waals surface area contributed by atoms with Gasteiger partial charge in [-0.2, -0.15) is 0 Å². The van der Waals surface area contributed by atoms with Gasteiger partial charge in [-0.15, -0.1) is 0 Å². The first-order chi connectivity index (χ1) is 14.5. The van der Waals surface area contributed by atoms with Gasteiger partial charge in [0.15, 0.2) is 0 Å². The Morgan fingerprint density at radius 2 is 1.27 bits per heavy atom. The number of halogens is 2. The van der Waals surface area contributed by atoms with Crippen molar-refractivity contribution >= 4 is 53.4 Å². The first-order valence-electron chi connectivity index (χ1n) is 9.30.